The predicted molar refractivity (Wildman–Crippen MR) is 55.4 cm³/mol. The van der Waals surface area contributed by atoms with Gasteiger partial charge in [0.25, 0.3) is 0 Å². The van der Waals surface area contributed by atoms with Crippen LogP contribution in [-0.4, -0.2) is 35.6 Å². The van der Waals surface area contributed by atoms with Crippen LogP contribution in [0.1, 0.15) is 26.7 Å². The zero-order valence-electron chi connectivity index (χ0n) is 9.12. The number of amides is 1. The fraction of sp³-hybridized carbons (Fsp3) is 0.800. The number of rotatable bonds is 4. The van der Waals surface area contributed by atoms with Crippen molar-refractivity contribution in [2.24, 2.45) is 5.92 Å². The van der Waals surface area contributed by atoms with Crippen molar-refractivity contribution in [2.45, 2.75) is 38.8 Å². The van der Waals surface area contributed by atoms with Crippen molar-refractivity contribution in [3.63, 3.8) is 0 Å². The molecule has 1 saturated heterocycles. The summed E-state index contributed by atoms with van der Waals surface area (Å²) in [5, 5.41) is 14.5. The summed E-state index contributed by atoms with van der Waals surface area (Å²) in [6, 6.07) is -0.624. The molecule has 0 radical (unpaired) electrons. The zero-order chi connectivity index (χ0) is 11.4. The highest BCUT2D eigenvalue weighted by molar-refractivity contribution is 5.85. The summed E-state index contributed by atoms with van der Waals surface area (Å²) in [6.45, 7) is 4.51. The average molecular weight is 214 g/mol. The van der Waals surface area contributed by atoms with E-state index in [2.05, 4.69) is 10.6 Å². The van der Waals surface area contributed by atoms with Crippen LogP contribution in [0.4, 0.5) is 0 Å². The topological polar surface area (TPSA) is 78.4 Å². The predicted octanol–water partition coefficient (Wildman–Crippen LogP) is -0.0362. The van der Waals surface area contributed by atoms with Gasteiger partial charge in [0.2, 0.25) is 5.91 Å². The van der Waals surface area contributed by atoms with E-state index in [9.17, 15) is 9.59 Å². The molecule has 1 rings (SSSR count). The highest BCUT2D eigenvalue weighted by Gasteiger charge is 2.31. The van der Waals surface area contributed by atoms with Crippen LogP contribution in [0.3, 0.4) is 0 Å². The van der Waals surface area contributed by atoms with Crippen LogP contribution in [0.15, 0.2) is 0 Å². The van der Waals surface area contributed by atoms with Gasteiger partial charge in [0.1, 0.15) is 6.04 Å². The van der Waals surface area contributed by atoms with Crippen molar-refractivity contribution in [1.82, 2.24) is 10.6 Å². The molecule has 5 heteroatoms. The van der Waals surface area contributed by atoms with E-state index in [-0.39, 0.29) is 17.9 Å². The van der Waals surface area contributed by atoms with E-state index >= 15 is 0 Å². The SMILES string of the molecule is CC[C@@H](NC(=O)C1CCNC1C)C(=O)O. The lowest BCUT2D eigenvalue weighted by Crippen LogP contribution is -2.45. The van der Waals surface area contributed by atoms with Gasteiger partial charge < -0.3 is 15.7 Å². The van der Waals surface area contributed by atoms with Crippen molar-refractivity contribution in [1.29, 1.82) is 0 Å². The summed E-state index contributed by atoms with van der Waals surface area (Å²) in [5.41, 5.74) is 0. The van der Waals surface area contributed by atoms with Crippen LogP contribution in [0.5, 0.6) is 0 Å². The monoisotopic (exact) mass is 214 g/mol. The molecule has 1 amide bonds. The average Bonchev–Trinajstić information content (AvgIpc) is 2.60. The van der Waals surface area contributed by atoms with Gasteiger partial charge in [-0.3, -0.25) is 4.79 Å². The van der Waals surface area contributed by atoms with Crippen molar-refractivity contribution in [3.8, 4) is 0 Å². The van der Waals surface area contributed by atoms with Gasteiger partial charge in [-0.05, 0) is 26.3 Å². The van der Waals surface area contributed by atoms with Gasteiger partial charge in [0.15, 0.2) is 0 Å². The minimum absolute atomic E-state index is 0.0987. The van der Waals surface area contributed by atoms with Crippen molar-refractivity contribution in [3.05, 3.63) is 0 Å². The lowest BCUT2D eigenvalue weighted by atomic mass is 10.0. The molecule has 0 aromatic carbocycles. The fourth-order valence-electron chi connectivity index (χ4n) is 1.83. The van der Waals surface area contributed by atoms with Gasteiger partial charge in [-0.2, -0.15) is 0 Å². The summed E-state index contributed by atoms with van der Waals surface area (Å²) >= 11 is 0. The number of hydrogen-bond donors (Lipinski definition) is 3. The molecule has 0 spiro atoms. The number of carbonyl (C=O) groups is 2. The zero-order valence-corrected chi connectivity index (χ0v) is 9.12. The Morgan fingerprint density at radius 1 is 1.60 bits per heavy atom. The summed E-state index contributed by atoms with van der Waals surface area (Å²) in [7, 11) is 0. The normalized spacial score (nSPS) is 27.3. The maximum atomic E-state index is 11.7. The smallest absolute Gasteiger partial charge is 0.326 e. The van der Waals surface area contributed by atoms with Crippen molar-refractivity contribution >= 4 is 11.9 Å². The van der Waals surface area contributed by atoms with Gasteiger partial charge in [0.05, 0.1) is 5.92 Å². The quantitative estimate of drug-likeness (QED) is 0.614. The summed E-state index contributed by atoms with van der Waals surface area (Å²) in [4.78, 5) is 22.4. The Morgan fingerprint density at radius 3 is 2.67 bits per heavy atom. The fourth-order valence-corrected chi connectivity index (χ4v) is 1.83. The van der Waals surface area contributed by atoms with Crippen LogP contribution in [-0.2, 0) is 9.59 Å². The van der Waals surface area contributed by atoms with Crippen LogP contribution in [0, 0.1) is 5.92 Å². The van der Waals surface area contributed by atoms with Crippen LogP contribution >= 0.6 is 0 Å². The van der Waals surface area contributed by atoms with Gasteiger partial charge in [-0.25, -0.2) is 4.79 Å². The van der Waals surface area contributed by atoms with E-state index in [1.165, 1.54) is 0 Å². The molecule has 1 fully saturated rings. The molecule has 1 heterocycles. The van der Waals surface area contributed by atoms with Crippen LogP contribution < -0.4 is 10.6 Å². The molecule has 5 nitrogen and oxygen atoms in total. The first-order valence-electron chi connectivity index (χ1n) is 5.32. The highest BCUT2D eigenvalue weighted by Crippen LogP contribution is 2.15. The highest BCUT2D eigenvalue weighted by atomic mass is 16.4. The van der Waals surface area contributed by atoms with Gasteiger partial charge in [-0.1, -0.05) is 6.92 Å². The van der Waals surface area contributed by atoms with Crippen LogP contribution in [0.25, 0.3) is 0 Å². The third kappa shape index (κ3) is 2.92. The van der Waals surface area contributed by atoms with E-state index in [0.29, 0.717) is 6.42 Å². The molecule has 0 aliphatic carbocycles. The number of carboxylic acids is 1. The Balaban J connectivity index is 2.50. The number of nitrogens with one attached hydrogen (secondary N) is 2. The van der Waals surface area contributed by atoms with E-state index < -0.39 is 12.0 Å². The minimum atomic E-state index is -0.968. The molecule has 1 aliphatic rings. The molecule has 3 N–H and O–H groups in total. The molecule has 0 saturated carbocycles. The minimum Gasteiger partial charge on any atom is -0.480 e. The lowest BCUT2D eigenvalue weighted by molar-refractivity contribution is -0.142. The van der Waals surface area contributed by atoms with Crippen molar-refractivity contribution < 1.29 is 14.7 Å². The molecule has 86 valence electrons. The Morgan fingerprint density at radius 2 is 2.27 bits per heavy atom. The van der Waals surface area contributed by atoms with Gasteiger partial charge in [-0.15, -0.1) is 0 Å². The first kappa shape index (κ1) is 12.0. The summed E-state index contributed by atoms with van der Waals surface area (Å²) < 4.78 is 0. The number of carbonyl (C=O) groups excluding carboxylic acids is 1. The van der Waals surface area contributed by atoms with Crippen LogP contribution in [0.2, 0.25) is 0 Å². The lowest BCUT2D eigenvalue weighted by Gasteiger charge is -2.18. The van der Waals surface area contributed by atoms with E-state index in [1.54, 1.807) is 6.92 Å². The molecule has 0 bridgehead atoms. The van der Waals surface area contributed by atoms with Gasteiger partial charge in [0, 0.05) is 6.04 Å². The Hall–Kier alpha value is -1.10. The molecule has 3 atom stereocenters. The third-order valence-electron chi connectivity index (χ3n) is 2.88. The standard InChI is InChI=1S/C10H18N2O3/c1-3-8(10(14)15)12-9(13)7-4-5-11-6(7)2/h6-8,11H,3-5H2,1-2H3,(H,12,13)(H,14,15)/t6?,7?,8-/m1/s1. The summed E-state index contributed by atoms with van der Waals surface area (Å²) in [6.07, 6.45) is 1.19. The largest absolute Gasteiger partial charge is 0.480 e. The Bertz CT molecular complexity index is 255. The van der Waals surface area contributed by atoms with E-state index in [1.807, 2.05) is 6.92 Å². The molecule has 2 unspecified atom stereocenters. The maximum absolute atomic E-state index is 11.7. The summed E-state index contributed by atoms with van der Waals surface area (Å²) in [5.74, 6) is -1.22. The Kier molecular flexibility index (Phi) is 4.08. The number of aliphatic carboxylic acids is 1. The first-order valence-corrected chi connectivity index (χ1v) is 5.32. The molecule has 0 aromatic rings. The van der Waals surface area contributed by atoms with E-state index in [0.717, 1.165) is 13.0 Å². The molecule has 15 heavy (non-hydrogen) atoms. The molecule has 1 aliphatic heterocycles. The second-order valence-corrected chi connectivity index (χ2v) is 3.95. The number of carboxylic acid groups (broad SMARTS) is 1. The Labute approximate surface area is 89.2 Å². The maximum Gasteiger partial charge on any atom is 0.326 e. The first-order chi connectivity index (χ1) is 7.06. The van der Waals surface area contributed by atoms with Crippen molar-refractivity contribution in [2.75, 3.05) is 6.54 Å². The second kappa shape index (κ2) is 5.11. The third-order valence-corrected chi connectivity index (χ3v) is 2.88. The number of hydrogen-bond acceptors (Lipinski definition) is 3. The second-order valence-electron chi connectivity index (χ2n) is 3.95. The van der Waals surface area contributed by atoms with Gasteiger partial charge >= 0.3 is 5.97 Å². The molecule has 0 aromatic heterocycles. The molecular formula is C10H18N2O3. The molecular weight excluding hydrogens is 196 g/mol. The van der Waals surface area contributed by atoms with E-state index in [4.69, 9.17) is 5.11 Å².